The van der Waals surface area contributed by atoms with E-state index < -0.39 is 0 Å². The summed E-state index contributed by atoms with van der Waals surface area (Å²) in [5.74, 6) is 0. The van der Waals surface area contributed by atoms with E-state index in [9.17, 15) is 0 Å². The predicted molar refractivity (Wildman–Crippen MR) is 33.3 cm³/mol. The van der Waals surface area contributed by atoms with Crippen molar-refractivity contribution in [2.45, 2.75) is 38.1 Å². The fourth-order valence-electron chi connectivity index (χ4n) is 1.49. The maximum absolute atomic E-state index is 5.49. The molecule has 0 bridgehead atoms. The minimum atomic E-state index is -0.0110. The zero-order chi connectivity index (χ0) is 6.48. The largest absolute Gasteiger partial charge is 0.373 e. The van der Waals surface area contributed by atoms with Crippen molar-refractivity contribution in [3.63, 3.8) is 0 Å². The lowest BCUT2D eigenvalue weighted by molar-refractivity contribution is -0.0434. The van der Waals surface area contributed by atoms with Crippen molar-refractivity contribution in [1.29, 1.82) is 0 Å². The summed E-state index contributed by atoms with van der Waals surface area (Å²) in [5, 5.41) is 0. The van der Waals surface area contributed by atoms with Crippen LogP contribution in [0.4, 0.5) is 0 Å². The maximum Gasteiger partial charge on any atom is 0.113 e. The van der Waals surface area contributed by atoms with Gasteiger partial charge in [-0.2, -0.15) is 0 Å². The predicted octanol–water partition coefficient (Wildman–Crippen LogP) is 0.953. The number of fused-ring (bicyclic) bond motifs is 1. The van der Waals surface area contributed by atoms with Gasteiger partial charge < -0.3 is 9.47 Å². The molecular weight excluding hydrogens is 116 g/mol. The highest BCUT2D eigenvalue weighted by Gasteiger charge is 2.52. The molecule has 52 valence electrons. The van der Waals surface area contributed by atoms with Crippen molar-refractivity contribution in [3.8, 4) is 0 Å². The Bertz CT molecular complexity index is 131. The van der Waals surface area contributed by atoms with E-state index in [0.29, 0.717) is 12.2 Å². The SMILES string of the molecule is CC1(C)OCCC2OC21. The topological polar surface area (TPSA) is 21.8 Å². The smallest absolute Gasteiger partial charge is 0.113 e. The molecule has 0 aromatic carbocycles. The maximum atomic E-state index is 5.49. The van der Waals surface area contributed by atoms with Gasteiger partial charge in [0, 0.05) is 6.61 Å². The number of rotatable bonds is 0. The minimum absolute atomic E-state index is 0.0110. The summed E-state index contributed by atoms with van der Waals surface area (Å²) in [6.07, 6.45) is 2.01. The molecule has 2 aliphatic rings. The first-order valence-electron chi connectivity index (χ1n) is 3.49. The van der Waals surface area contributed by atoms with E-state index in [2.05, 4.69) is 13.8 Å². The van der Waals surface area contributed by atoms with Gasteiger partial charge in [-0.15, -0.1) is 0 Å². The molecule has 0 N–H and O–H groups in total. The van der Waals surface area contributed by atoms with Gasteiger partial charge in [0.15, 0.2) is 0 Å². The van der Waals surface area contributed by atoms with E-state index >= 15 is 0 Å². The van der Waals surface area contributed by atoms with Crippen LogP contribution in [0.5, 0.6) is 0 Å². The Morgan fingerprint density at radius 1 is 1.44 bits per heavy atom. The highest BCUT2D eigenvalue weighted by molar-refractivity contribution is 5.00. The van der Waals surface area contributed by atoms with Crippen molar-refractivity contribution in [2.24, 2.45) is 0 Å². The molecule has 0 radical (unpaired) electrons. The van der Waals surface area contributed by atoms with Crippen LogP contribution in [0.2, 0.25) is 0 Å². The summed E-state index contributed by atoms with van der Waals surface area (Å²) in [6.45, 7) is 5.06. The third-order valence-corrected chi connectivity index (χ3v) is 2.14. The first kappa shape index (κ1) is 5.69. The van der Waals surface area contributed by atoms with E-state index in [4.69, 9.17) is 9.47 Å². The molecule has 0 spiro atoms. The van der Waals surface area contributed by atoms with E-state index in [1.165, 1.54) is 0 Å². The summed E-state index contributed by atoms with van der Waals surface area (Å²) >= 11 is 0. The van der Waals surface area contributed by atoms with Crippen LogP contribution in [0.25, 0.3) is 0 Å². The quantitative estimate of drug-likeness (QED) is 0.453. The van der Waals surface area contributed by atoms with Crippen LogP contribution in [0, 0.1) is 0 Å². The van der Waals surface area contributed by atoms with Gasteiger partial charge in [-0.3, -0.25) is 0 Å². The average molecular weight is 128 g/mol. The molecule has 0 amide bonds. The Balaban J connectivity index is 2.09. The molecular formula is C7H12O2. The molecule has 2 fully saturated rings. The number of hydrogen-bond donors (Lipinski definition) is 0. The summed E-state index contributed by atoms with van der Waals surface area (Å²) in [4.78, 5) is 0. The molecule has 9 heavy (non-hydrogen) atoms. The lowest BCUT2D eigenvalue weighted by Crippen LogP contribution is -2.36. The Morgan fingerprint density at radius 2 is 2.22 bits per heavy atom. The van der Waals surface area contributed by atoms with Crippen LogP contribution in [0.15, 0.2) is 0 Å². The molecule has 2 saturated heterocycles. The van der Waals surface area contributed by atoms with Crippen molar-refractivity contribution < 1.29 is 9.47 Å². The average Bonchev–Trinajstić information content (AvgIpc) is 2.43. The van der Waals surface area contributed by atoms with E-state index in [1.807, 2.05) is 0 Å². The minimum Gasteiger partial charge on any atom is -0.373 e. The van der Waals surface area contributed by atoms with E-state index in [-0.39, 0.29) is 5.60 Å². The standard InChI is InChI=1S/C7H12O2/c1-7(2)6-5(9-6)3-4-8-7/h5-6H,3-4H2,1-2H3. The van der Waals surface area contributed by atoms with Gasteiger partial charge >= 0.3 is 0 Å². The molecule has 2 heterocycles. The highest BCUT2D eigenvalue weighted by atomic mass is 16.6. The Hall–Kier alpha value is -0.0800. The summed E-state index contributed by atoms with van der Waals surface area (Å²) in [7, 11) is 0. The molecule has 2 unspecified atom stereocenters. The second kappa shape index (κ2) is 1.50. The second-order valence-corrected chi connectivity index (χ2v) is 3.34. The first-order valence-corrected chi connectivity index (χ1v) is 3.49. The lowest BCUT2D eigenvalue weighted by Gasteiger charge is -2.26. The monoisotopic (exact) mass is 128 g/mol. The highest BCUT2D eigenvalue weighted by Crippen LogP contribution is 2.40. The molecule has 2 aliphatic heterocycles. The summed E-state index contributed by atoms with van der Waals surface area (Å²) < 4.78 is 10.9. The number of ether oxygens (including phenoxy) is 2. The second-order valence-electron chi connectivity index (χ2n) is 3.34. The molecule has 2 rings (SSSR count). The fourth-order valence-corrected chi connectivity index (χ4v) is 1.49. The zero-order valence-electron chi connectivity index (χ0n) is 5.89. The van der Waals surface area contributed by atoms with Crippen LogP contribution in [0.3, 0.4) is 0 Å². The van der Waals surface area contributed by atoms with Crippen LogP contribution >= 0.6 is 0 Å². The zero-order valence-corrected chi connectivity index (χ0v) is 5.89. The lowest BCUT2D eigenvalue weighted by atomic mass is 9.99. The molecule has 2 heteroatoms. The van der Waals surface area contributed by atoms with Crippen LogP contribution < -0.4 is 0 Å². The molecule has 2 nitrogen and oxygen atoms in total. The third kappa shape index (κ3) is 0.775. The van der Waals surface area contributed by atoms with Crippen LogP contribution in [-0.4, -0.2) is 24.4 Å². The van der Waals surface area contributed by atoms with Gasteiger partial charge in [-0.05, 0) is 20.3 Å². The number of epoxide rings is 1. The van der Waals surface area contributed by atoms with Crippen molar-refractivity contribution in [2.75, 3.05) is 6.61 Å². The van der Waals surface area contributed by atoms with Crippen molar-refractivity contribution in [1.82, 2.24) is 0 Å². The van der Waals surface area contributed by atoms with Crippen LogP contribution in [0.1, 0.15) is 20.3 Å². The normalized spacial score (nSPS) is 46.0. The van der Waals surface area contributed by atoms with Gasteiger partial charge in [-0.25, -0.2) is 0 Å². The molecule has 2 atom stereocenters. The molecule has 0 aromatic heterocycles. The summed E-state index contributed by atoms with van der Waals surface area (Å²) in [6, 6.07) is 0. The Kier molecular flexibility index (Phi) is 0.945. The van der Waals surface area contributed by atoms with E-state index in [1.54, 1.807) is 0 Å². The van der Waals surface area contributed by atoms with Gasteiger partial charge in [0.25, 0.3) is 0 Å². The third-order valence-electron chi connectivity index (χ3n) is 2.14. The summed E-state index contributed by atoms with van der Waals surface area (Å²) in [5.41, 5.74) is -0.0110. The Morgan fingerprint density at radius 3 is 2.78 bits per heavy atom. The number of hydrogen-bond acceptors (Lipinski definition) is 2. The van der Waals surface area contributed by atoms with Gasteiger partial charge in [0.05, 0.1) is 11.7 Å². The van der Waals surface area contributed by atoms with E-state index in [0.717, 1.165) is 13.0 Å². The van der Waals surface area contributed by atoms with Crippen molar-refractivity contribution in [3.05, 3.63) is 0 Å². The van der Waals surface area contributed by atoms with Gasteiger partial charge in [0.2, 0.25) is 0 Å². The first-order chi connectivity index (χ1) is 4.20. The van der Waals surface area contributed by atoms with Gasteiger partial charge in [-0.1, -0.05) is 0 Å². The Labute approximate surface area is 55.1 Å². The van der Waals surface area contributed by atoms with Gasteiger partial charge in [0.1, 0.15) is 6.10 Å². The van der Waals surface area contributed by atoms with Crippen LogP contribution in [-0.2, 0) is 9.47 Å². The fraction of sp³-hybridized carbons (Fsp3) is 1.00. The van der Waals surface area contributed by atoms with Crippen molar-refractivity contribution >= 4 is 0 Å². The molecule has 0 aromatic rings. The molecule has 0 aliphatic carbocycles. The molecule has 0 saturated carbocycles.